The van der Waals surface area contributed by atoms with Crippen molar-refractivity contribution in [2.45, 2.75) is 58.0 Å². The summed E-state index contributed by atoms with van der Waals surface area (Å²) < 4.78 is 0. The average molecular weight is 446 g/mol. The number of carbonyl (C=O) groups excluding carboxylic acids is 2. The number of carboxylic acids is 1. The molecule has 1 aromatic carbocycles. The monoisotopic (exact) mass is 445 g/mol. The van der Waals surface area contributed by atoms with E-state index in [2.05, 4.69) is 24.1 Å². The summed E-state index contributed by atoms with van der Waals surface area (Å²) in [4.78, 5) is 37.7. The second-order valence-electron chi connectivity index (χ2n) is 8.04. The van der Waals surface area contributed by atoms with Crippen molar-refractivity contribution in [2.24, 2.45) is 23.1 Å². The number of benzene rings is 1. The molecule has 0 radical (unpaired) electrons. The van der Waals surface area contributed by atoms with E-state index < -0.39 is 29.9 Å². The molecule has 1 aromatic heterocycles. The Balaban J connectivity index is 0.000000339. The number of hydrogen-bond donors (Lipinski definition) is 5. The van der Waals surface area contributed by atoms with Crippen LogP contribution in [0.2, 0.25) is 0 Å². The minimum atomic E-state index is -1.01. The second kappa shape index (κ2) is 14.1. The molecule has 0 saturated carbocycles. The van der Waals surface area contributed by atoms with Crippen LogP contribution < -0.4 is 22.5 Å². The molecule has 9 nitrogen and oxygen atoms in total. The lowest BCUT2D eigenvalue weighted by atomic mass is 10.0. The van der Waals surface area contributed by atoms with E-state index in [0.717, 1.165) is 23.7 Å². The highest BCUT2D eigenvalue weighted by atomic mass is 16.4. The van der Waals surface area contributed by atoms with Gasteiger partial charge in [0.25, 0.3) is 0 Å². The largest absolute Gasteiger partial charge is 0.480 e. The number of nitrogens with two attached hydrogens (primary N) is 3. The third kappa shape index (κ3) is 9.84. The summed E-state index contributed by atoms with van der Waals surface area (Å²) in [5.41, 5.74) is 17.4. The Morgan fingerprint density at radius 2 is 1.78 bits per heavy atom. The minimum Gasteiger partial charge on any atom is -0.480 e. The molecule has 8 N–H and O–H groups in total. The van der Waals surface area contributed by atoms with Gasteiger partial charge >= 0.3 is 5.97 Å². The number of carbonyl (C=O) groups is 3. The van der Waals surface area contributed by atoms with E-state index in [0.29, 0.717) is 37.3 Å². The molecule has 9 heteroatoms. The van der Waals surface area contributed by atoms with Gasteiger partial charge in [-0.2, -0.15) is 0 Å². The minimum absolute atomic E-state index is 0.412. The number of pyridine rings is 1. The standard InChI is InChI=1S/C13H27N3O3.C10H8N2O/c1-9(2)5-3-7-11(13(18)19)16-12(17)10(15)6-4-8-14;11-10(13)8-5-7-3-1-2-4-9(7)12-6-8/h9-11H,3-8,14-15H2,1-2H3,(H,16,17)(H,18,19);1-6H,(H2,11,13)/t10-,11+;/m1./s1. The Morgan fingerprint density at radius 3 is 2.38 bits per heavy atom. The molecule has 0 spiro atoms. The third-order valence-electron chi connectivity index (χ3n) is 4.82. The van der Waals surface area contributed by atoms with Crippen LogP contribution in [0.5, 0.6) is 0 Å². The zero-order chi connectivity index (χ0) is 24.1. The molecular weight excluding hydrogens is 410 g/mol. The molecule has 32 heavy (non-hydrogen) atoms. The summed E-state index contributed by atoms with van der Waals surface area (Å²) in [6, 6.07) is 7.79. The van der Waals surface area contributed by atoms with Gasteiger partial charge in [0.1, 0.15) is 6.04 Å². The Hall–Kier alpha value is -3.04. The predicted molar refractivity (Wildman–Crippen MR) is 125 cm³/mol. The van der Waals surface area contributed by atoms with Gasteiger partial charge in [-0.15, -0.1) is 0 Å². The molecule has 0 saturated heterocycles. The van der Waals surface area contributed by atoms with Crippen LogP contribution in [0.25, 0.3) is 10.9 Å². The van der Waals surface area contributed by atoms with Gasteiger partial charge in [-0.3, -0.25) is 14.6 Å². The zero-order valence-electron chi connectivity index (χ0n) is 18.8. The summed E-state index contributed by atoms with van der Waals surface area (Å²) in [7, 11) is 0. The van der Waals surface area contributed by atoms with Crippen molar-refractivity contribution >= 4 is 28.7 Å². The maximum Gasteiger partial charge on any atom is 0.326 e. The van der Waals surface area contributed by atoms with E-state index in [1.807, 2.05) is 24.3 Å². The lowest BCUT2D eigenvalue weighted by Gasteiger charge is -2.18. The average Bonchev–Trinajstić information content (AvgIpc) is 2.76. The second-order valence-corrected chi connectivity index (χ2v) is 8.04. The predicted octanol–water partition coefficient (Wildman–Crippen LogP) is 1.78. The van der Waals surface area contributed by atoms with Gasteiger partial charge in [0, 0.05) is 11.6 Å². The van der Waals surface area contributed by atoms with Crippen molar-refractivity contribution in [3.8, 4) is 0 Å². The first kappa shape index (κ1) is 27.0. The lowest BCUT2D eigenvalue weighted by molar-refractivity contribution is -0.142. The summed E-state index contributed by atoms with van der Waals surface area (Å²) >= 11 is 0. The van der Waals surface area contributed by atoms with Crippen molar-refractivity contribution in [2.75, 3.05) is 6.54 Å². The van der Waals surface area contributed by atoms with Gasteiger partial charge in [-0.05, 0) is 43.9 Å². The third-order valence-corrected chi connectivity index (χ3v) is 4.82. The van der Waals surface area contributed by atoms with Crippen LogP contribution in [-0.4, -0.2) is 46.5 Å². The number of nitrogens with one attached hydrogen (secondary N) is 1. The molecule has 176 valence electrons. The van der Waals surface area contributed by atoms with Gasteiger partial charge in [-0.25, -0.2) is 4.79 Å². The quantitative estimate of drug-likeness (QED) is 0.350. The molecule has 0 unspecified atom stereocenters. The summed E-state index contributed by atoms with van der Waals surface area (Å²) in [6.45, 7) is 4.63. The number of aromatic nitrogens is 1. The fourth-order valence-electron chi connectivity index (χ4n) is 2.94. The number of primary amides is 1. The summed E-state index contributed by atoms with van der Waals surface area (Å²) in [6.07, 6.45) is 4.76. The van der Waals surface area contributed by atoms with Crippen molar-refractivity contribution in [3.05, 3.63) is 42.1 Å². The van der Waals surface area contributed by atoms with Crippen LogP contribution >= 0.6 is 0 Å². The molecule has 0 bridgehead atoms. The lowest BCUT2D eigenvalue weighted by Crippen LogP contribution is -2.48. The fraction of sp³-hybridized carbons (Fsp3) is 0.478. The Morgan fingerprint density at radius 1 is 1.09 bits per heavy atom. The number of nitrogens with zero attached hydrogens (tertiary/aromatic N) is 1. The van der Waals surface area contributed by atoms with E-state index in [-0.39, 0.29) is 0 Å². The first-order valence-corrected chi connectivity index (χ1v) is 10.8. The van der Waals surface area contributed by atoms with Gasteiger partial charge in [0.15, 0.2) is 0 Å². The highest BCUT2D eigenvalue weighted by molar-refractivity contribution is 5.96. The van der Waals surface area contributed by atoms with Crippen LogP contribution in [0.3, 0.4) is 0 Å². The summed E-state index contributed by atoms with van der Waals surface area (Å²) in [5, 5.41) is 12.5. The van der Waals surface area contributed by atoms with Crippen LogP contribution in [0.4, 0.5) is 0 Å². The number of amides is 2. The van der Waals surface area contributed by atoms with Crippen LogP contribution in [0, 0.1) is 5.92 Å². The van der Waals surface area contributed by atoms with E-state index in [9.17, 15) is 14.4 Å². The van der Waals surface area contributed by atoms with Gasteiger partial charge in [-0.1, -0.05) is 44.9 Å². The number of aliphatic carboxylic acids is 1. The smallest absolute Gasteiger partial charge is 0.326 e. The van der Waals surface area contributed by atoms with Crippen LogP contribution in [0.15, 0.2) is 36.5 Å². The Bertz CT molecular complexity index is 888. The molecule has 2 atom stereocenters. The maximum atomic E-state index is 11.7. The van der Waals surface area contributed by atoms with E-state index in [4.69, 9.17) is 22.3 Å². The van der Waals surface area contributed by atoms with Crippen molar-refractivity contribution < 1.29 is 19.5 Å². The van der Waals surface area contributed by atoms with E-state index >= 15 is 0 Å². The molecular formula is C23H35N5O4. The molecule has 0 aliphatic rings. The van der Waals surface area contributed by atoms with Crippen LogP contribution in [0.1, 0.15) is 56.3 Å². The molecule has 2 amide bonds. The number of carboxylic acid groups (broad SMARTS) is 1. The highest BCUT2D eigenvalue weighted by Crippen LogP contribution is 2.12. The zero-order valence-corrected chi connectivity index (χ0v) is 18.8. The molecule has 0 aliphatic heterocycles. The summed E-state index contributed by atoms with van der Waals surface area (Å²) in [5.74, 6) is -1.34. The van der Waals surface area contributed by atoms with Crippen molar-refractivity contribution in [1.29, 1.82) is 0 Å². The number of rotatable bonds is 11. The molecule has 0 aliphatic carbocycles. The topological polar surface area (TPSA) is 174 Å². The van der Waals surface area contributed by atoms with Crippen molar-refractivity contribution in [1.82, 2.24) is 10.3 Å². The maximum absolute atomic E-state index is 11.7. The number of hydrogen-bond acceptors (Lipinski definition) is 6. The SMILES string of the molecule is CC(C)CCC[C@H](NC(=O)[C@H](N)CCCN)C(=O)O.NC(=O)c1cnc2ccccc2c1. The van der Waals surface area contributed by atoms with Gasteiger partial charge in [0.2, 0.25) is 11.8 Å². The van der Waals surface area contributed by atoms with Crippen LogP contribution in [-0.2, 0) is 9.59 Å². The highest BCUT2D eigenvalue weighted by Gasteiger charge is 2.22. The van der Waals surface area contributed by atoms with E-state index in [1.54, 1.807) is 6.07 Å². The molecule has 2 aromatic rings. The van der Waals surface area contributed by atoms with Crippen molar-refractivity contribution in [3.63, 3.8) is 0 Å². The Kier molecular flexibility index (Phi) is 11.9. The Labute approximate surface area is 188 Å². The number of fused-ring (bicyclic) bond motifs is 1. The van der Waals surface area contributed by atoms with Gasteiger partial charge < -0.3 is 27.6 Å². The normalized spacial score (nSPS) is 12.5. The fourth-order valence-corrected chi connectivity index (χ4v) is 2.94. The number of para-hydroxylation sites is 1. The van der Waals surface area contributed by atoms with Gasteiger partial charge in [0.05, 0.1) is 17.1 Å². The first-order valence-electron chi connectivity index (χ1n) is 10.8. The van der Waals surface area contributed by atoms with E-state index in [1.165, 1.54) is 6.20 Å². The first-order chi connectivity index (χ1) is 15.1. The molecule has 2 rings (SSSR count). The molecule has 0 fully saturated rings. The molecule has 1 heterocycles.